The fourth-order valence-electron chi connectivity index (χ4n) is 0.938. The van der Waals surface area contributed by atoms with E-state index in [-0.39, 0.29) is 5.83 Å². The molecule has 0 atom stereocenters. The highest BCUT2D eigenvalue weighted by atomic mass is 19.1. The van der Waals surface area contributed by atoms with Gasteiger partial charge < -0.3 is 4.74 Å². The van der Waals surface area contributed by atoms with Gasteiger partial charge in [-0.05, 0) is 37.5 Å². The third-order valence-electron chi connectivity index (χ3n) is 1.49. The molecule has 1 radical (unpaired) electrons. The largest absolute Gasteiger partial charge is 0.377 e. The predicted octanol–water partition coefficient (Wildman–Crippen LogP) is 2.41. The molecule has 0 aromatic heterocycles. The van der Waals surface area contributed by atoms with Gasteiger partial charge in [-0.1, -0.05) is 0 Å². The first-order valence-electron chi connectivity index (χ1n) is 3.80. The van der Waals surface area contributed by atoms with E-state index in [0.29, 0.717) is 19.6 Å². The van der Waals surface area contributed by atoms with Gasteiger partial charge >= 0.3 is 0 Å². The predicted molar refractivity (Wildman–Crippen MR) is 42.7 cm³/mol. The van der Waals surface area contributed by atoms with Crippen LogP contribution in [0.25, 0.3) is 0 Å². The van der Waals surface area contributed by atoms with E-state index in [4.69, 9.17) is 4.74 Å². The van der Waals surface area contributed by atoms with E-state index in [2.05, 4.69) is 0 Å². The number of hydrogen-bond donors (Lipinski definition) is 0. The Morgan fingerprint density at radius 2 is 2.45 bits per heavy atom. The van der Waals surface area contributed by atoms with Crippen LogP contribution in [0.4, 0.5) is 4.39 Å². The third-order valence-corrected chi connectivity index (χ3v) is 1.49. The van der Waals surface area contributed by atoms with Crippen LogP contribution in [-0.2, 0) is 4.74 Å². The molecule has 1 nitrogen and oxygen atoms in total. The zero-order chi connectivity index (χ0) is 8.10. The summed E-state index contributed by atoms with van der Waals surface area (Å²) >= 11 is 0. The lowest BCUT2D eigenvalue weighted by Crippen LogP contribution is -2.00. The lowest BCUT2D eigenvalue weighted by Gasteiger charge is -2.08. The Hall–Kier alpha value is -0.630. The molecule has 0 unspecified atom stereocenters. The van der Waals surface area contributed by atoms with Crippen molar-refractivity contribution in [3.8, 4) is 0 Å². The van der Waals surface area contributed by atoms with Crippen LogP contribution in [0.1, 0.15) is 13.3 Å². The van der Waals surface area contributed by atoms with Gasteiger partial charge in [0, 0.05) is 6.61 Å². The van der Waals surface area contributed by atoms with Crippen molar-refractivity contribution in [2.24, 2.45) is 0 Å². The van der Waals surface area contributed by atoms with E-state index in [9.17, 15) is 4.39 Å². The second-order valence-corrected chi connectivity index (χ2v) is 2.39. The topological polar surface area (TPSA) is 9.23 Å². The average Bonchev–Trinajstić information content (AvgIpc) is 2.01. The number of rotatable bonds is 3. The fraction of sp³-hybridized carbons (Fsp3) is 0.444. The van der Waals surface area contributed by atoms with Gasteiger partial charge in [0.05, 0.1) is 6.61 Å². The van der Waals surface area contributed by atoms with Gasteiger partial charge in [0.2, 0.25) is 0 Å². The summed E-state index contributed by atoms with van der Waals surface area (Å²) in [6.45, 7) is 3.13. The van der Waals surface area contributed by atoms with E-state index in [0.717, 1.165) is 5.57 Å². The maximum Gasteiger partial charge on any atom is 0.119 e. The van der Waals surface area contributed by atoms with Crippen molar-refractivity contribution in [1.82, 2.24) is 0 Å². The van der Waals surface area contributed by atoms with Crippen LogP contribution in [0.2, 0.25) is 0 Å². The molecule has 0 saturated heterocycles. The molecule has 0 heterocycles. The van der Waals surface area contributed by atoms with Gasteiger partial charge in [-0.3, -0.25) is 0 Å². The Kier molecular flexibility index (Phi) is 3.30. The number of halogens is 1. The molecule has 0 spiro atoms. The minimum atomic E-state index is -0.151. The monoisotopic (exact) mass is 155 g/mol. The van der Waals surface area contributed by atoms with E-state index >= 15 is 0 Å². The Balaban J connectivity index is 2.39. The van der Waals surface area contributed by atoms with E-state index < -0.39 is 0 Å². The second kappa shape index (κ2) is 4.29. The summed E-state index contributed by atoms with van der Waals surface area (Å²) in [4.78, 5) is 0. The molecule has 0 N–H and O–H groups in total. The Labute approximate surface area is 66.6 Å². The molecule has 1 aliphatic rings. The smallest absolute Gasteiger partial charge is 0.119 e. The number of hydrogen-bond acceptors (Lipinski definition) is 1. The second-order valence-electron chi connectivity index (χ2n) is 2.39. The summed E-state index contributed by atoms with van der Waals surface area (Å²) in [6, 6.07) is 0. The van der Waals surface area contributed by atoms with Gasteiger partial charge in [-0.25, -0.2) is 4.39 Å². The minimum absolute atomic E-state index is 0.151. The molecule has 11 heavy (non-hydrogen) atoms. The van der Waals surface area contributed by atoms with Crippen molar-refractivity contribution in [3.05, 3.63) is 30.0 Å². The van der Waals surface area contributed by atoms with Gasteiger partial charge in [0.1, 0.15) is 5.83 Å². The summed E-state index contributed by atoms with van der Waals surface area (Å²) in [5.74, 6) is -0.151. The first-order valence-corrected chi connectivity index (χ1v) is 3.80. The standard InChI is InChI=1S/C9H12FO/c1-2-11-7-8-4-3-5-9(10)6-8/h4-6H,2-3,7H2,1H3. The van der Waals surface area contributed by atoms with Crippen molar-refractivity contribution in [2.45, 2.75) is 13.3 Å². The van der Waals surface area contributed by atoms with Crippen molar-refractivity contribution in [2.75, 3.05) is 13.2 Å². The number of allylic oxidation sites excluding steroid dienone is 3. The van der Waals surface area contributed by atoms with Gasteiger partial charge in [-0.2, -0.15) is 0 Å². The molecular formula is C9H12FO. The van der Waals surface area contributed by atoms with Crippen LogP contribution < -0.4 is 0 Å². The molecule has 0 fully saturated rings. The lowest BCUT2D eigenvalue weighted by atomic mass is 10.1. The summed E-state index contributed by atoms with van der Waals surface area (Å²) in [5, 5.41) is 0. The molecule has 2 heteroatoms. The zero-order valence-electron chi connectivity index (χ0n) is 6.64. The highest BCUT2D eigenvalue weighted by Crippen LogP contribution is 2.16. The molecular weight excluding hydrogens is 143 g/mol. The highest BCUT2D eigenvalue weighted by molar-refractivity contribution is 5.29. The van der Waals surface area contributed by atoms with Crippen molar-refractivity contribution >= 4 is 0 Å². The molecule has 0 saturated carbocycles. The normalized spacial score (nSPS) is 17.6. The van der Waals surface area contributed by atoms with Crippen LogP contribution in [0.3, 0.4) is 0 Å². The maximum absolute atomic E-state index is 12.6. The summed E-state index contributed by atoms with van der Waals surface area (Å²) in [5.41, 5.74) is 0.937. The summed E-state index contributed by atoms with van der Waals surface area (Å²) < 4.78 is 17.7. The van der Waals surface area contributed by atoms with Crippen LogP contribution in [0.15, 0.2) is 23.6 Å². The summed E-state index contributed by atoms with van der Waals surface area (Å²) in [6.07, 6.45) is 5.72. The minimum Gasteiger partial charge on any atom is -0.377 e. The van der Waals surface area contributed by atoms with Crippen molar-refractivity contribution < 1.29 is 9.13 Å². The maximum atomic E-state index is 12.6. The van der Waals surface area contributed by atoms with Crippen LogP contribution >= 0.6 is 0 Å². The van der Waals surface area contributed by atoms with E-state index in [1.165, 1.54) is 6.08 Å². The van der Waals surface area contributed by atoms with E-state index in [1.54, 1.807) is 6.08 Å². The molecule has 1 aliphatic carbocycles. The first kappa shape index (κ1) is 8.47. The third kappa shape index (κ3) is 2.85. The molecule has 0 aliphatic heterocycles. The molecule has 1 rings (SSSR count). The molecule has 0 aromatic carbocycles. The Morgan fingerprint density at radius 3 is 3.09 bits per heavy atom. The SMILES string of the molecule is CCOCC1=CC(F)=CC[CH]1. The molecule has 61 valence electrons. The molecule has 0 aromatic rings. The average molecular weight is 155 g/mol. The summed E-state index contributed by atoms with van der Waals surface area (Å²) in [7, 11) is 0. The van der Waals surface area contributed by atoms with Crippen LogP contribution in [0, 0.1) is 6.42 Å². The quantitative estimate of drug-likeness (QED) is 0.608. The van der Waals surface area contributed by atoms with Crippen molar-refractivity contribution in [3.63, 3.8) is 0 Å². The Morgan fingerprint density at radius 1 is 1.64 bits per heavy atom. The highest BCUT2D eigenvalue weighted by Gasteiger charge is 2.04. The molecule has 0 bridgehead atoms. The van der Waals surface area contributed by atoms with Gasteiger partial charge in [0.25, 0.3) is 0 Å². The van der Waals surface area contributed by atoms with Crippen LogP contribution in [-0.4, -0.2) is 13.2 Å². The van der Waals surface area contributed by atoms with Crippen LogP contribution in [0.5, 0.6) is 0 Å². The first-order chi connectivity index (χ1) is 5.33. The van der Waals surface area contributed by atoms with Gasteiger partial charge in [-0.15, -0.1) is 0 Å². The lowest BCUT2D eigenvalue weighted by molar-refractivity contribution is 0.171. The van der Waals surface area contributed by atoms with E-state index in [1.807, 2.05) is 13.3 Å². The molecule has 0 amide bonds. The van der Waals surface area contributed by atoms with Crippen molar-refractivity contribution in [1.29, 1.82) is 0 Å². The Bertz CT molecular complexity index is 182. The zero-order valence-corrected chi connectivity index (χ0v) is 6.64. The fourth-order valence-corrected chi connectivity index (χ4v) is 0.938. The number of ether oxygens (including phenoxy) is 1. The van der Waals surface area contributed by atoms with Gasteiger partial charge in [0.15, 0.2) is 0 Å².